The molecular weight excluding hydrogens is 695 g/mol. The highest BCUT2D eigenvalue weighted by Gasteiger charge is 2.17. The van der Waals surface area contributed by atoms with E-state index < -0.39 is 16.1 Å². The Hall–Kier alpha value is -5.75. The molecule has 272 valence electrons. The van der Waals surface area contributed by atoms with Crippen LogP contribution in [-0.2, 0) is 0 Å². The number of benzene rings is 7. The molecule has 0 spiro atoms. The molecule has 0 atom stereocenters. The Bertz CT molecular complexity index is 2330. The topological polar surface area (TPSA) is 3.24 Å². The molecule has 0 heterocycles. The average Bonchev–Trinajstić information content (AvgIpc) is 3.19. The summed E-state index contributed by atoms with van der Waals surface area (Å²) < 4.78 is 0. The van der Waals surface area contributed by atoms with Gasteiger partial charge in [-0.1, -0.05) is 207 Å². The summed E-state index contributed by atoms with van der Waals surface area (Å²) in [6, 6.07) is 59.9. The van der Waals surface area contributed by atoms with E-state index in [1.165, 1.54) is 54.5 Å². The molecule has 0 saturated heterocycles. The van der Waals surface area contributed by atoms with Crippen LogP contribution in [0.4, 0.5) is 17.1 Å². The van der Waals surface area contributed by atoms with E-state index in [2.05, 4.69) is 244 Å². The first-order valence-corrected chi connectivity index (χ1v) is 26.3. The maximum atomic E-state index is 2.39. The number of hydrogen-bond acceptors (Lipinski definition) is 1. The van der Waals surface area contributed by atoms with Gasteiger partial charge >= 0.3 is 0 Å². The lowest BCUT2D eigenvalue weighted by Crippen LogP contribution is -2.37. The van der Waals surface area contributed by atoms with Crippen molar-refractivity contribution in [3.05, 3.63) is 197 Å². The molecule has 0 amide bonds. The van der Waals surface area contributed by atoms with E-state index >= 15 is 0 Å². The van der Waals surface area contributed by atoms with Crippen molar-refractivity contribution in [1.82, 2.24) is 0 Å². The predicted molar refractivity (Wildman–Crippen MR) is 251 cm³/mol. The van der Waals surface area contributed by atoms with Gasteiger partial charge in [-0.2, -0.15) is 0 Å². The smallest absolute Gasteiger partial charge is 0.0775 e. The molecule has 7 aromatic carbocycles. The monoisotopic (exact) mass is 745 g/mol. The summed E-state index contributed by atoms with van der Waals surface area (Å²) in [6.45, 7) is 14.3. The van der Waals surface area contributed by atoms with Crippen LogP contribution in [0.5, 0.6) is 0 Å². The Kier molecular flexibility index (Phi) is 11.1. The van der Waals surface area contributed by atoms with Gasteiger partial charge in [0.1, 0.15) is 0 Å². The van der Waals surface area contributed by atoms with Gasteiger partial charge in [-0.05, 0) is 86.6 Å². The Morgan fingerprint density at radius 2 is 0.636 bits per heavy atom. The first-order chi connectivity index (χ1) is 26.5. The van der Waals surface area contributed by atoms with Gasteiger partial charge in [0, 0.05) is 17.1 Å². The van der Waals surface area contributed by atoms with E-state index in [1.807, 2.05) is 0 Å². The highest BCUT2D eigenvalue weighted by atomic mass is 28.3. The van der Waals surface area contributed by atoms with E-state index in [4.69, 9.17) is 0 Å². The summed E-state index contributed by atoms with van der Waals surface area (Å²) in [5.74, 6) is 0. The standard InChI is InChI=1S/C52H51NSi2/c1-54(2,3)51-34-23-43(24-35-51)14-12-41-19-29-48(30-20-41)53(49-31-21-42(22-32-49)13-15-44-25-36-52(37-26-44)55(4,5)6)50-33-28-46-38-45(18-27-47(46)39-50)17-16-40-10-8-7-9-11-40/h7-39H,1-6H3. The van der Waals surface area contributed by atoms with Gasteiger partial charge in [-0.15, -0.1) is 0 Å². The van der Waals surface area contributed by atoms with E-state index in [-0.39, 0.29) is 0 Å². The lowest BCUT2D eigenvalue weighted by Gasteiger charge is -2.26. The molecular formula is C52H51NSi2. The highest BCUT2D eigenvalue weighted by Crippen LogP contribution is 2.37. The summed E-state index contributed by atoms with van der Waals surface area (Å²) in [4.78, 5) is 2.36. The van der Waals surface area contributed by atoms with Gasteiger partial charge in [0.15, 0.2) is 0 Å². The molecule has 1 nitrogen and oxygen atoms in total. The van der Waals surface area contributed by atoms with E-state index in [1.54, 1.807) is 0 Å². The van der Waals surface area contributed by atoms with Crippen LogP contribution in [0.1, 0.15) is 33.4 Å². The molecule has 0 aliphatic heterocycles. The number of rotatable bonds is 11. The maximum Gasteiger partial charge on any atom is 0.0775 e. The molecule has 0 aliphatic rings. The SMILES string of the molecule is C[Si](C)(C)c1ccc(C=Cc2ccc(N(c3ccc(C=Cc4ccc([Si](C)(C)C)cc4)cc3)c3ccc4cc(C=Cc5ccccc5)ccc4c3)cc2)cc1. The normalized spacial score (nSPS) is 12.3. The van der Waals surface area contributed by atoms with Gasteiger partial charge in [0.2, 0.25) is 0 Å². The summed E-state index contributed by atoms with van der Waals surface area (Å²) in [6.07, 6.45) is 13.2. The molecule has 0 saturated carbocycles. The van der Waals surface area contributed by atoms with Gasteiger partial charge < -0.3 is 4.90 Å². The van der Waals surface area contributed by atoms with Gasteiger partial charge in [0.05, 0.1) is 16.1 Å². The molecule has 7 aromatic rings. The van der Waals surface area contributed by atoms with Crippen molar-refractivity contribution in [1.29, 1.82) is 0 Å². The highest BCUT2D eigenvalue weighted by molar-refractivity contribution is 6.89. The minimum absolute atomic E-state index is 1.11. The molecule has 55 heavy (non-hydrogen) atoms. The summed E-state index contributed by atoms with van der Waals surface area (Å²) in [7, 11) is -2.62. The van der Waals surface area contributed by atoms with Crippen molar-refractivity contribution in [2.75, 3.05) is 4.90 Å². The minimum Gasteiger partial charge on any atom is -0.310 e. The summed E-state index contributed by atoms with van der Waals surface area (Å²) in [5.41, 5.74) is 10.5. The second-order valence-corrected chi connectivity index (χ2v) is 26.6. The Morgan fingerprint density at radius 3 is 1.07 bits per heavy atom. The Labute approximate surface area is 330 Å². The molecule has 0 aliphatic carbocycles. The van der Waals surface area contributed by atoms with Crippen LogP contribution in [0.15, 0.2) is 164 Å². The third-order valence-electron chi connectivity index (χ3n) is 10.2. The van der Waals surface area contributed by atoms with Crippen molar-refractivity contribution >= 4 is 90.8 Å². The third-order valence-corrected chi connectivity index (χ3v) is 14.3. The summed E-state index contributed by atoms with van der Waals surface area (Å²) >= 11 is 0. The first kappa shape index (κ1) is 37.6. The zero-order chi connectivity index (χ0) is 38.4. The molecule has 0 aromatic heterocycles. The predicted octanol–water partition coefficient (Wildman–Crippen LogP) is 13.9. The fourth-order valence-corrected chi connectivity index (χ4v) is 9.07. The number of hydrogen-bond donors (Lipinski definition) is 0. The lowest BCUT2D eigenvalue weighted by molar-refractivity contribution is 1.29. The molecule has 0 radical (unpaired) electrons. The van der Waals surface area contributed by atoms with Crippen molar-refractivity contribution < 1.29 is 0 Å². The van der Waals surface area contributed by atoms with Crippen LogP contribution in [0.2, 0.25) is 39.3 Å². The maximum absolute atomic E-state index is 2.39. The zero-order valence-corrected chi connectivity index (χ0v) is 35.0. The number of anilines is 3. The molecule has 0 N–H and O–H groups in total. The number of fused-ring (bicyclic) bond motifs is 1. The van der Waals surface area contributed by atoms with E-state index in [9.17, 15) is 0 Å². The van der Waals surface area contributed by atoms with Crippen LogP contribution < -0.4 is 15.3 Å². The quantitative estimate of drug-likeness (QED) is 0.0941. The largest absolute Gasteiger partial charge is 0.310 e. The van der Waals surface area contributed by atoms with Crippen LogP contribution in [-0.4, -0.2) is 16.1 Å². The second-order valence-electron chi connectivity index (χ2n) is 16.5. The van der Waals surface area contributed by atoms with Crippen LogP contribution >= 0.6 is 0 Å². The van der Waals surface area contributed by atoms with Crippen molar-refractivity contribution in [3.8, 4) is 0 Å². The fourth-order valence-electron chi connectivity index (χ4n) is 6.74. The molecule has 7 rings (SSSR count). The lowest BCUT2D eigenvalue weighted by atomic mass is 10.0. The van der Waals surface area contributed by atoms with Gasteiger partial charge in [-0.25, -0.2) is 0 Å². The van der Waals surface area contributed by atoms with Crippen LogP contribution in [0.3, 0.4) is 0 Å². The second kappa shape index (κ2) is 16.3. The molecule has 0 unspecified atom stereocenters. The third kappa shape index (κ3) is 9.68. The average molecular weight is 746 g/mol. The Morgan fingerprint density at radius 1 is 0.309 bits per heavy atom. The fraction of sp³-hybridized carbons (Fsp3) is 0.115. The van der Waals surface area contributed by atoms with E-state index in [0.717, 1.165) is 17.1 Å². The first-order valence-electron chi connectivity index (χ1n) is 19.3. The van der Waals surface area contributed by atoms with Gasteiger partial charge in [-0.3, -0.25) is 0 Å². The summed E-state index contributed by atoms with van der Waals surface area (Å²) in [5, 5.41) is 5.40. The van der Waals surface area contributed by atoms with Gasteiger partial charge in [0.25, 0.3) is 0 Å². The molecule has 0 bridgehead atoms. The van der Waals surface area contributed by atoms with Crippen molar-refractivity contribution in [2.45, 2.75) is 39.3 Å². The van der Waals surface area contributed by atoms with Crippen molar-refractivity contribution in [3.63, 3.8) is 0 Å². The van der Waals surface area contributed by atoms with Crippen molar-refractivity contribution in [2.24, 2.45) is 0 Å². The molecule has 0 fully saturated rings. The Balaban J connectivity index is 1.17. The van der Waals surface area contributed by atoms with Crippen LogP contribution in [0.25, 0.3) is 47.2 Å². The number of nitrogens with zero attached hydrogens (tertiary/aromatic N) is 1. The van der Waals surface area contributed by atoms with E-state index in [0.29, 0.717) is 0 Å². The zero-order valence-electron chi connectivity index (χ0n) is 33.0. The minimum atomic E-state index is -1.31. The molecule has 3 heteroatoms. The van der Waals surface area contributed by atoms with Crippen LogP contribution in [0, 0.1) is 0 Å².